The molecule has 6 heteroatoms. The van der Waals surface area contributed by atoms with Crippen molar-refractivity contribution in [3.63, 3.8) is 0 Å². The topological polar surface area (TPSA) is 85.4 Å². The first-order chi connectivity index (χ1) is 11.6. The highest BCUT2D eigenvalue weighted by Crippen LogP contribution is 2.29. The van der Waals surface area contributed by atoms with E-state index in [-0.39, 0.29) is 18.0 Å². The lowest BCUT2D eigenvalue weighted by molar-refractivity contribution is -0.386. The van der Waals surface area contributed by atoms with E-state index >= 15 is 0 Å². The molecule has 0 amide bonds. The minimum absolute atomic E-state index is 0.114. The molecule has 0 aromatic heterocycles. The van der Waals surface area contributed by atoms with Crippen molar-refractivity contribution in [1.29, 1.82) is 5.26 Å². The van der Waals surface area contributed by atoms with Crippen LogP contribution in [0.2, 0.25) is 0 Å². The van der Waals surface area contributed by atoms with Gasteiger partial charge in [-0.1, -0.05) is 36.4 Å². The SMILES string of the molecule is CCOC(C#N)Cc1ccc(OCc2ccccc2)c([N+](=O)[O-])c1. The molecule has 124 valence electrons. The van der Waals surface area contributed by atoms with E-state index in [1.807, 2.05) is 36.4 Å². The van der Waals surface area contributed by atoms with Crippen LogP contribution in [-0.2, 0) is 17.8 Å². The second-order valence-corrected chi connectivity index (χ2v) is 5.11. The monoisotopic (exact) mass is 326 g/mol. The van der Waals surface area contributed by atoms with E-state index in [1.165, 1.54) is 6.07 Å². The smallest absolute Gasteiger partial charge is 0.311 e. The fourth-order valence-electron chi connectivity index (χ4n) is 2.25. The third kappa shape index (κ3) is 4.80. The molecule has 0 saturated carbocycles. The van der Waals surface area contributed by atoms with Crippen molar-refractivity contribution in [3.05, 3.63) is 69.8 Å². The lowest BCUT2D eigenvalue weighted by Gasteiger charge is -2.11. The van der Waals surface area contributed by atoms with Gasteiger partial charge in [0.15, 0.2) is 5.75 Å². The first-order valence-electron chi connectivity index (χ1n) is 7.59. The van der Waals surface area contributed by atoms with Gasteiger partial charge in [0.25, 0.3) is 0 Å². The van der Waals surface area contributed by atoms with E-state index in [2.05, 4.69) is 0 Å². The quantitative estimate of drug-likeness (QED) is 0.546. The molecule has 6 nitrogen and oxygen atoms in total. The van der Waals surface area contributed by atoms with Crippen LogP contribution in [0.5, 0.6) is 5.75 Å². The number of nitriles is 1. The molecule has 1 atom stereocenters. The first-order valence-corrected chi connectivity index (χ1v) is 7.59. The zero-order valence-corrected chi connectivity index (χ0v) is 13.3. The lowest BCUT2D eigenvalue weighted by Crippen LogP contribution is -2.13. The van der Waals surface area contributed by atoms with E-state index in [1.54, 1.807) is 19.1 Å². The Morgan fingerprint density at radius 3 is 2.58 bits per heavy atom. The summed E-state index contributed by atoms with van der Waals surface area (Å²) in [4.78, 5) is 10.8. The summed E-state index contributed by atoms with van der Waals surface area (Å²) in [6.45, 7) is 2.46. The predicted molar refractivity (Wildman–Crippen MR) is 88.6 cm³/mol. The summed E-state index contributed by atoms with van der Waals surface area (Å²) in [5, 5.41) is 20.3. The van der Waals surface area contributed by atoms with Crippen molar-refractivity contribution in [2.45, 2.75) is 26.1 Å². The Hall–Kier alpha value is -2.91. The third-order valence-electron chi connectivity index (χ3n) is 3.39. The van der Waals surface area contributed by atoms with Gasteiger partial charge in [0, 0.05) is 19.1 Å². The Morgan fingerprint density at radius 2 is 1.96 bits per heavy atom. The van der Waals surface area contributed by atoms with Crippen molar-refractivity contribution in [2.24, 2.45) is 0 Å². The van der Waals surface area contributed by atoms with E-state index in [9.17, 15) is 10.1 Å². The van der Waals surface area contributed by atoms with Gasteiger partial charge >= 0.3 is 5.69 Å². The highest BCUT2D eigenvalue weighted by molar-refractivity contribution is 5.49. The normalized spacial score (nSPS) is 11.5. The highest BCUT2D eigenvalue weighted by atomic mass is 16.6. The standard InChI is InChI=1S/C18H18N2O4/c1-2-23-16(12-19)10-15-8-9-18(17(11-15)20(21)22)24-13-14-6-4-3-5-7-14/h3-9,11,16H,2,10,13H2,1H3. The van der Waals surface area contributed by atoms with Gasteiger partial charge in [0.1, 0.15) is 12.7 Å². The van der Waals surface area contributed by atoms with Crippen LogP contribution in [0.25, 0.3) is 0 Å². The summed E-state index contributed by atoms with van der Waals surface area (Å²) in [6.07, 6.45) is -0.324. The summed E-state index contributed by atoms with van der Waals surface area (Å²) >= 11 is 0. The van der Waals surface area contributed by atoms with Gasteiger partial charge in [-0.2, -0.15) is 5.26 Å². The Labute approximate surface area is 140 Å². The molecular formula is C18H18N2O4. The van der Waals surface area contributed by atoms with E-state index < -0.39 is 11.0 Å². The molecule has 0 spiro atoms. The Balaban J connectivity index is 2.14. The number of nitrogens with zero attached hydrogens (tertiary/aromatic N) is 2. The Kier molecular flexibility index (Phi) is 6.29. The van der Waals surface area contributed by atoms with Crippen LogP contribution in [0, 0.1) is 21.4 Å². The number of rotatable bonds is 8. The zero-order valence-electron chi connectivity index (χ0n) is 13.3. The minimum Gasteiger partial charge on any atom is -0.482 e. The average molecular weight is 326 g/mol. The summed E-state index contributed by atoms with van der Waals surface area (Å²) in [5.41, 5.74) is 1.47. The van der Waals surface area contributed by atoms with Gasteiger partial charge in [-0.3, -0.25) is 10.1 Å². The van der Waals surface area contributed by atoms with Gasteiger partial charge in [0.2, 0.25) is 0 Å². The number of hydrogen-bond donors (Lipinski definition) is 0. The largest absolute Gasteiger partial charge is 0.482 e. The fourth-order valence-corrected chi connectivity index (χ4v) is 2.25. The molecule has 0 fully saturated rings. The van der Waals surface area contributed by atoms with E-state index in [4.69, 9.17) is 14.7 Å². The van der Waals surface area contributed by atoms with Crippen LogP contribution in [0.15, 0.2) is 48.5 Å². The fraction of sp³-hybridized carbons (Fsp3) is 0.278. The van der Waals surface area contributed by atoms with Crippen molar-refractivity contribution in [3.8, 4) is 11.8 Å². The molecule has 0 aliphatic heterocycles. The molecule has 2 aromatic rings. The second kappa shape index (κ2) is 8.65. The average Bonchev–Trinajstić information content (AvgIpc) is 2.60. The third-order valence-corrected chi connectivity index (χ3v) is 3.39. The van der Waals surface area contributed by atoms with Crippen LogP contribution in [-0.4, -0.2) is 17.6 Å². The van der Waals surface area contributed by atoms with E-state index in [0.717, 1.165) is 5.56 Å². The zero-order chi connectivity index (χ0) is 17.4. The maximum Gasteiger partial charge on any atom is 0.311 e. The number of nitro benzene ring substituents is 1. The maximum absolute atomic E-state index is 11.3. The molecular weight excluding hydrogens is 308 g/mol. The Bertz CT molecular complexity index is 726. The molecule has 0 bridgehead atoms. The molecule has 0 radical (unpaired) electrons. The van der Waals surface area contributed by atoms with Crippen molar-refractivity contribution >= 4 is 5.69 Å². The summed E-state index contributed by atoms with van der Waals surface area (Å²) in [5.74, 6) is 0.206. The Morgan fingerprint density at radius 1 is 1.21 bits per heavy atom. The van der Waals surface area contributed by atoms with Crippen LogP contribution in [0.1, 0.15) is 18.1 Å². The number of nitro groups is 1. The summed E-state index contributed by atoms with van der Waals surface area (Å²) in [6, 6.07) is 16.2. The molecule has 0 aliphatic rings. The molecule has 24 heavy (non-hydrogen) atoms. The van der Waals surface area contributed by atoms with Gasteiger partial charge in [-0.15, -0.1) is 0 Å². The molecule has 2 rings (SSSR count). The van der Waals surface area contributed by atoms with Gasteiger partial charge in [-0.05, 0) is 24.1 Å². The molecule has 1 unspecified atom stereocenters. The summed E-state index contributed by atoms with van der Waals surface area (Å²) in [7, 11) is 0. The van der Waals surface area contributed by atoms with Crippen molar-refractivity contribution in [1.82, 2.24) is 0 Å². The van der Waals surface area contributed by atoms with Crippen LogP contribution in [0.4, 0.5) is 5.69 Å². The van der Waals surface area contributed by atoms with Crippen molar-refractivity contribution < 1.29 is 14.4 Å². The maximum atomic E-state index is 11.3. The predicted octanol–water partition coefficient (Wildman–Crippen LogP) is 3.64. The lowest BCUT2D eigenvalue weighted by atomic mass is 10.1. The number of ether oxygens (including phenoxy) is 2. The molecule has 0 saturated heterocycles. The number of benzene rings is 2. The van der Waals surface area contributed by atoms with Crippen molar-refractivity contribution in [2.75, 3.05) is 6.61 Å². The van der Waals surface area contributed by atoms with E-state index in [0.29, 0.717) is 18.6 Å². The first kappa shape index (κ1) is 17.4. The van der Waals surface area contributed by atoms with Crippen LogP contribution in [0.3, 0.4) is 0 Å². The summed E-state index contributed by atoms with van der Waals surface area (Å²) < 4.78 is 10.8. The molecule has 0 N–H and O–H groups in total. The molecule has 0 heterocycles. The van der Waals surface area contributed by atoms with Gasteiger partial charge in [0.05, 0.1) is 11.0 Å². The second-order valence-electron chi connectivity index (χ2n) is 5.11. The minimum atomic E-state index is -0.620. The molecule has 0 aliphatic carbocycles. The number of hydrogen-bond acceptors (Lipinski definition) is 5. The van der Waals surface area contributed by atoms with Crippen LogP contribution < -0.4 is 4.74 Å². The van der Waals surface area contributed by atoms with Crippen LogP contribution >= 0.6 is 0 Å². The highest BCUT2D eigenvalue weighted by Gasteiger charge is 2.18. The molecule has 2 aromatic carbocycles. The van der Waals surface area contributed by atoms with Gasteiger partial charge < -0.3 is 9.47 Å². The van der Waals surface area contributed by atoms with Gasteiger partial charge in [-0.25, -0.2) is 0 Å².